The van der Waals surface area contributed by atoms with Crippen LogP contribution in [-0.4, -0.2) is 8.42 Å². The van der Waals surface area contributed by atoms with Gasteiger partial charge >= 0.3 is 10.2 Å². The van der Waals surface area contributed by atoms with Gasteiger partial charge in [-0.2, -0.15) is 8.42 Å². The van der Waals surface area contributed by atoms with Gasteiger partial charge in [0.05, 0.1) is 0 Å². The average molecular weight is 227 g/mol. The molecule has 0 unspecified atom stereocenters. The van der Waals surface area contributed by atoms with Gasteiger partial charge in [-0.25, -0.2) is 4.39 Å². The van der Waals surface area contributed by atoms with Gasteiger partial charge in [-0.1, -0.05) is 6.07 Å². The standard InChI is InChI=1S/C7H5ClF2O2S/c8-4-5-1-2-6(9)7(3-5)13(10,11)12/h1-3H,4H2. The van der Waals surface area contributed by atoms with Crippen LogP contribution in [0.1, 0.15) is 5.56 Å². The third-order valence-electron chi connectivity index (χ3n) is 1.41. The van der Waals surface area contributed by atoms with Gasteiger partial charge in [0, 0.05) is 5.88 Å². The number of hydrogen-bond donors (Lipinski definition) is 0. The van der Waals surface area contributed by atoms with Crippen molar-refractivity contribution in [3.8, 4) is 0 Å². The number of alkyl halides is 1. The van der Waals surface area contributed by atoms with E-state index in [0.29, 0.717) is 5.56 Å². The zero-order chi connectivity index (χ0) is 10.1. The zero-order valence-corrected chi connectivity index (χ0v) is 7.87. The summed E-state index contributed by atoms with van der Waals surface area (Å²) in [7, 11) is -5.00. The molecule has 1 aromatic rings. The SMILES string of the molecule is O=S(=O)(F)c1cc(CCl)ccc1F. The summed E-state index contributed by atoms with van der Waals surface area (Å²) in [5.74, 6) is -1.11. The molecule has 0 amide bonds. The Labute approximate surface area is 79.4 Å². The van der Waals surface area contributed by atoms with Crippen molar-refractivity contribution in [2.45, 2.75) is 10.8 Å². The lowest BCUT2D eigenvalue weighted by Crippen LogP contribution is -1.97. The third-order valence-corrected chi connectivity index (χ3v) is 2.56. The molecule has 0 saturated heterocycles. The minimum atomic E-state index is -5.00. The first-order valence-corrected chi connectivity index (χ1v) is 5.16. The first-order valence-electron chi connectivity index (χ1n) is 3.24. The highest BCUT2D eigenvalue weighted by atomic mass is 35.5. The molecule has 0 aliphatic rings. The molecule has 1 rings (SSSR count). The summed E-state index contributed by atoms with van der Waals surface area (Å²) in [6.45, 7) is 0. The second kappa shape index (κ2) is 3.59. The van der Waals surface area contributed by atoms with Crippen molar-refractivity contribution < 1.29 is 16.7 Å². The second-order valence-electron chi connectivity index (χ2n) is 2.34. The summed E-state index contributed by atoms with van der Waals surface area (Å²) in [5, 5.41) is 0. The molecule has 6 heteroatoms. The molecular formula is C7H5ClF2O2S. The summed E-state index contributed by atoms with van der Waals surface area (Å²) in [6, 6.07) is 3.03. The van der Waals surface area contributed by atoms with Crippen LogP contribution >= 0.6 is 11.6 Å². The first kappa shape index (κ1) is 10.4. The molecule has 0 bridgehead atoms. The Hall–Kier alpha value is -0.680. The minimum absolute atomic E-state index is 0.00278. The summed E-state index contributed by atoms with van der Waals surface area (Å²) in [6.07, 6.45) is 0. The Morgan fingerprint density at radius 3 is 2.46 bits per heavy atom. The molecule has 13 heavy (non-hydrogen) atoms. The number of benzene rings is 1. The van der Waals surface area contributed by atoms with Gasteiger partial charge in [-0.05, 0) is 17.7 Å². The van der Waals surface area contributed by atoms with E-state index in [-0.39, 0.29) is 5.88 Å². The van der Waals surface area contributed by atoms with Gasteiger partial charge in [-0.15, -0.1) is 15.5 Å². The Morgan fingerprint density at radius 2 is 2.00 bits per heavy atom. The van der Waals surface area contributed by atoms with Crippen molar-refractivity contribution in [2.24, 2.45) is 0 Å². The van der Waals surface area contributed by atoms with Crippen LogP contribution in [0.25, 0.3) is 0 Å². The molecule has 0 aromatic heterocycles. The van der Waals surface area contributed by atoms with Gasteiger partial charge in [0.1, 0.15) is 10.7 Å². The van der Waals surface area contributed by atoms with Gasteiger partial charge < -0.3 is 0 Å². The van der Waals surface area contributed by atoms with Gasteiger partial charge in [0.15, 0.2) is 0 Å². The van der Waals surface area contributed by atoms with Crippen LogP contribution in [-0.2, 0) is 16.1 Å². The van der Waals surface area contributed by atoms with E-state index < -0.39 is 20.9 Å². The van der Waals surface area contributed by atoms with Crippen LogP contribution in [0, 0.1) is 5.82 Å². The van der Waals surface area contributed by atoms with Crippen molar-refractivity contribution in [1.82, 2.24) is 0 Å². The highest BCUT2D eigenvalue weighted by Crippen LogP contribution is 2.19. The lowest BCUT2D eigenvalue weighted by molar-refractivity contribution is 0.533. The van der Waals surface area contributed by atoms with E-state index >= 15 is 0 Å². The van der Waals surface area contributed by atoms with Crippen LogP contribution in [0.2, 0.25) is 0 Å². The van der Waals surface area contributed by atoms with E-state index in [9.17, 15) is 16.7 Å². The molecule has 0 aliphatic carbocycles. The molecule has 0 saturated carbocycles. The molecule has 0 heterocycles. The minimum Gasteiger partial charge on any atom is -0.205 e. The van der Waals surface area contributed by atoms with Crippen LogP contribution in [0.3, 0.4) is 0 Å². The van der Waals surface area contributed by atoms with Gasteiger partial charge in [0.25, 0.3) is 0 Å². The number of hydrogen-bond acceptors (Lipinski definition) is 2. The molecular weight excluding hydrogens is 222 g/mol. The van der Waals surface area contributed by atoms with Crippen molar-refractivity contribution in [1.29, 1.82) is 0 Å². The largest absolute Gasteiger partial charge is 0.335 e. The highest BCUT2D eigenvalue weighted by molar-refractivity contribution is 7.86. The van der Waals surface area contributed by atoms with E-state index in [0.717, 1.165) is 12.1 Å². The maximum Gasteiger partial charge on any atom is 0.335 e. The maximum atomic E-state index is 12.7. The van der Waals surface area contributed by atoms with E-state index in [1.165, 1.54) is 6.07 Å². The Kier molecular flexibility index (Phi) is 2.87. The third kappa shape index (κ3) is 2.38. The lowest BCUT2D eigenvalue weighted by Gasteiger charge is -1.99. The average Bonchev–Trinajstić information content (AvgIpc) is 2.03. The van der Waals surface area contributed by atoms with Crippen molar-refractivity contribution >= 4 is 21.8 Å². The Balaban J connectivity index is 3.36. The Morgan fingerprint density at radius 1 is 1.38 bits per heavy atom. The summed E-state index contributed by atoms with van der Waals surface area (Å²) in [4.78, 5) is -0.967. The monoisotopic (exact) mass is 226 g/mol. The van der Waals surface area contributed by atoms with E-state index in [2.05, 4.69) is 0 Å². The number of rotatable bonds is 2. The fraction of sp³-hybridized carbons (Fsp3) is 0.143. The van der Waals surface area contributed by atoms with E-state index in [1.54, 1.807) is 0 Å². The summed E-state index contributed by atoms with van der Waals surface area (Å²) >= 11 is 5.36. The quantitative estimate of drug-likeness (QED) is 0.572. The molecule has 0 aliphatic heterocycles. The Bertz CT molecular complexity index is 417. The second-order valence-corrected chi connectivity index (χ2v) is 3.92. The predicted molar refractivity (Wildman–Crippen MR) is 44.3 cm³/mol. The molecule has 1 aromatic carbocycles. The fourth-order valence-electron chi connectivity index (χ4n) is 0.818. The van der Waals surface area contributed by atoms with Crippen LogP contribution < -0.4 is 0 Å². The van der Waals surface area contributed by atoms with Crippen molar-refractivity contribution in [2.75, 3.05) is 0 Å². The molecule has 72 valence electrons. The highest BCUT2D eigenvalue weighted by Gasteiger charge is 2.17. The van der Waals surface area contributed by atoms with Crippen molar-refractivity contribution in [3.05, 3.63) is 29.6 Å². The first-order chi connectivity index (χ1) is 5.95. The topological polar surface area (TPSA) is 34.1 Å². The van der Waals surface area contributed by atoms with Gasteiger partial charge in [-0.3, -0.25) is 0 Å². The fourth-order valence-corrected chi connectivity index (χ4v) is 1.58. The molecule has 2 nitrogen and oxygen atoms in total. The smallest absolute Gasteiger partial charge is 0.205 e. The molecule has 0 atom stereocenters. The molecule has 0 N–H and O–H groups in total. The lowest BCUT2D eigenvalue weighted by atomic mass is 10.2. The van der Waals surface area contributed by atoms with E-state index in [1.807, 2.05) is 0 Å². The van der Waals surface area contributed by atoms with E-state index in [4.69, 9.17) is 11.6 Å². The predicted octanol–water partition coefficient (Wildman–Crippen LogP) is 2.22. The summed E-state index contributed by atoms with van der Waals surface area (Å²) < 4.78 is 45.9. The number of halogens is 3. The normalized spacial score (nSPS) is 11.6. The maximum absolute atomic E-state index is 12.7. The van der Waals surface area contributed by atoms with Crippen molar-refractivity contribution in [3.63, 3.8) is 0 Å². The van der Waals surface area contributed by atoms with Crippen LogP contribution in [0.4, 0.5) is 8.28 Å². The van der Waals surface area contributed by atoms with Gasteiger partial charge in [0.2, 0.25) is 0 Å². The molecule has 0 radical (unpaired) electrons. The van der Waals surface area contributed by atoms with Crippen LogP contribution in [0.15, 0.2) is 23.1 Å². The zero-order valence-electron chi connectivity index (χ0n) is 6.30. The van der Waals surface area contributed by atoms with Crippen LogP contribution in [0.5, 0.6) is 0 Å². The molecule has 0 spiro atoms. The summed E-state index contributed by atoms with van der Waals surface area (Å²) in [5.41, 5.74) is 0.347. The molecule has 0 fully saturated rings.